The van der Waals surface area contributed by atoms with Crippen LogP contribution in [-0.2, 0) is 4.74 Å². The molecule has 2 rings (SSSR count). The Morgan fingerprint density at radius 1 is 1.39 bits per heavy atom. The third kappa shape index (κ3) is 2.59. The Morgan fingerprint density at radius 2 is 2.17 bits per heavy atom. The van der Waals surface area contributed by atoms with Crippen LogP contribution in [0.15, 0.2) is 0 Å². The normalized spacial score (nSPS) is 42.3. The minimum Gasteiger partial charge on any atom is -0.375 e. The molecule has 2 aliphatic heterocycles. The van der Waals surface area contributed by atoms with E-state index in [0.29, 0.717) is 0 Å². The van der Waals surface area contributed by atoms with E-state index in [1.807, 2.05) is 0 Å². The molecule has 2 N–H and O–H groups in total. The van der Waals surface area contributed by atoms with Crippen LogP contribution in [0.4, 0.5) is 0 Å². The maximum absolute atomic E-state index is 6.18. The first-order chi connectivity index (χ1) is 8.57. The molecule has 2 fully saturated rings. The van der Waals surface area contributed by atoms with Crippen molar-refractivity contribution in [2.75, 3.05) is 26.2 Å². The van der Waals surface area contributed by atoms with Crippen LogP contribution in [0.2, 0.25) is 0 Å². The number of nitrogens with two attached hydrogens (primary N) is 1. The van der Waals surface area contributed by atoms with E-state index in [1.165, 1.54) is 25.9 Å². The number of nitrogens with zero attached hydrogens (tertiary/aromatic N) is 1. The predicted octanol–water partition coefficient (Wildman–Crippen LogP) is 2.39. The van der Waals surface area contributed by atoms with Crippen LogP contribution in [0.3, 0.4) is 0 Å². The van der Waals surface area contributed by atoms with Crippen molar-refractivity contribution in [1.29, 1.82) is 0 Å². The molecule has 3 unspecified atom stereocenters. The molecule has 106 valence electrons. The molecule has 3 heteroatoms. The van der Waals surface area contributed by atoms with E-state index in [-0.39, 0.29) is 11.1 Å². The molecule has 0 aliphatic carbocycles. The Hall–Kier alpha value is -0.120. The number of hydrogen-bond donors (Lipinski definition) is 1. The minimum absolute atomic E-state index is 0.0297. The number of likely N-dealkylation sites (tertiary alicyclic amines) is 1. The molecule has 0 spiro atoms. The van der Waals surface area contributed by atoms with Gasteiger partial charge in [-0.2, -0.15) is 0 Å². The van der Waals surface area contributed by atoms with Crippen molar-refractivity contribution in [2.45, 2.75) is 64.0 Å². The second kappa shape index (κ2) is 5.48. The Labute approximate surface area is 112 Å². The summed E-state index contributed by atoms with van der Waals surface area (Å²) in [6, 6.07) is 0. The highest BCUT2D eigenvalue weighted by Gasteiger charge is 2.46. The zero-order valence-electron chi connectivity index (χ0n) is 12.4. The minimum atomic E-state index is 0.0297. The highest BCUT2D eigenvalue weighted by molar-refractivity contribution is 5.02. The van der Waals surface area contributed by atoms with Crippen molar-refractivity contribution in [2.24, 2.45) is 11.7 Å². The van der Waals surface area contributed by atoms with Gasteiger partial charge in [-0.3, -0.25) is 4.90 Å². The highest BCUT2D eigenvalue weighted by atomic mass is 16.5. The summed E-state index contributed by atoms with van der Waals surface area (Å²) in [4.78, 5) is 2.68. The number of hydrogen-bond acceptors (Lipinski definition) is 3. The number of rotatable bonds is 4. The number of ether oxygens (including phenoxy) is 1. The molecular weight excluding hydrogens is 224 g/mol. The van der Waals surface area contributed by atoms with Gasteiger partial charge < -0.3 is 10.5 Å². The van der Waals surface area contributed by atoms with Gasteiger partial charge in [0.05, 0.1) is 5.60 Å². The van der Waals surface area contributed by atoms with Crippen LogP contribution in [0.5, 0.6) is 0 Å². The van der Waals surface area contributed by atoms with Gasteiger partial charge in [0.1, 0.15) is 0 Å². The maximum Gasteiger partial charge on any atom is 0.0670 e. The second-order valence-electron chi connectivity index (χ2n) is 6.52. The van der Waals surface area contributed by atoms with Gasteiger partial charge in [-0.15, -0.1) is 0 Å². The average Bonchev–Trinajstić information content (AvgIpc) is 2.88. The molecule has 0 aromatic carbocycles. The zero-order valence-corrected chi connectivity index (χ0v) is 12.4. The highest BCUT2D eigenvalue weighted by Crippen LogP contribution is 2.40. The van der Waals surface area contributed by atoms with Crippen molar-refractivity contribution in [3.05, 3.63) is 0 Å². The van der Waals surface area contributed by atoms with E-state index in [0.717, 1.165) is 38.3 Å². The van der Waals surface area contributed by atoms with Crippen LogP contribution < -0.4 is 5.73 Å². The van der Waals surface area contributed by atoms with Gasteiger partial charge in [0.2, 0.25) is 0 Å². The molecule has 0 bridgehead atoms. The van der Waals surface area contributed by atoms with Crippen molar-refractivity contribution >= 4 is 0 Å². The molecule has 2 heterocycles. The largest absolute Gasteiger partial charge is 0.375 e. The summed E-state index contributed by atoms with van der Waals surface area (Å²) >= 11 is 0. The lowest BCUT2D eigenvalue weighted by Gasteiger charge is -2.50. The van der Waals surface area contributed by atoms with Crippen molar-refractivity contribution in [3.63, 3.8) is 0 Å². The van der Waals surface area contributed by atoms with E-state index in [9.17, 15) is 0 Å². The molecule has 2 aliphatic rings. The predicted molar refractivity (Wildman–Crippen MR) is 75.6 cm³/mol. The monoisotopic (exact) mass is 254 g/mol. The summed E-state index contributed by atoms with van der Waals surface area (Å²) in [5.74, 6) is 0.879. The Bertz CT molecular complexity index is 284. The van der Waals surface area contributed by atoms with Crippen LogP contribution in [0.25, 0.3) is 0 Å². The van der Waals surface area contributed by atoms with E-state index in [2.05, 4.69) is 25.7 Å². The molecule has 0 amide bonds. The van der Waals surface area contributed by atoms with Gasteiger partial charge in [0, 0.05) is 25.2 Å². The van der Waals surface area contributed by atoms with Gasteiger partial charge in [-0.1, -0.05) is 20.3 Å². The van der Waals surface area contributed by atoms with E-state index < -0.39 is 0 Å². The van der Waals surface area contributed by atoms with E-state index in [4.69, 9.17) is 10.5 Å². The quantitative estimate of drug-likeness (QED) is 0.837. The lowest BCUT2D eigenvalue weighted by molar-refractivity contribution is -0.125. The first kappa shape index (κ1) is 14.3. The molecule has 3 atom stereocenters. The lowest BCUT2D eigenvalue weighted by Crippen LogP contribution is -2.60. The Balaban J connectivity index is 2.10. The SMILES string of the molecule is CCC1CCN(C2(CN)CCOC(C)(CC)C2)C1. The fraction of sp³-hybridized carbons (Fsp3) is 1.00. The molecule has 0 aromatic rings. The maximum atomic E-state index is 6.18. The molecule has 0 aromatic heterocycles. The van der Waals surface area contributed by atoms with E-state index >= 15 is 0 Å². The van der Waals surface area contributed by atoms with Gasteiger partial charge in [0.15, 0.2) is 0 Å². The summed E-state index contributed by atoms with van der Waals surface area (Å²) in [6.07, 6.45) is 5.94. The third-order valence-corrected chi connectivity index (χ3v) is 5.38. The fourth-order valence-electron chi connectivity index (χ4n) is 3.72. The van der Waals surface area contributed by atoms with Crippen molar-refractivity contribution in [3.8, 4) is 0 Å². The van der Waals surface area contributed by atoms with Gasteiger partial charge in [-0.25, -0.2) is 0 Å². The summed E-state index contributed by atoms with van der Waals surface area (Å²) in [5, 5.41) is 0. The summed E-state index contributed by atoms with van der Waals surface area (Å²) in [6.45, 7) is 10.9. The first-order valence-electron chi connectivity index (χ1n) is 7.66. The topological polar surface area (TPSA) is 38.5 Å². The summed E-state index contributed by atoms with van der Waals surface area (Å²) in [7, 11) is 0. The molecule has 0 radical (unpaired) electrons. The molecule has 18 heavy (non-hydrogen) atoms. The standard InChI is InChI=1S/C15H30N2O/c1-4-13-6-8-17(10-13)15(12-16)7-9-18-14(3,5-2)11-15/h13H,4-12,16H2,1-3H3. The molecule has 3 nitrogen and oxygen atoms in total. The van der Waals surface area contributed by atoms with Crippen molar-refractivity contribution in [1.82, 2.24) is 4.90 Å². The van der Waals surface area contributed by atoms with Crippen LogP contribution in [0, 0.1) is 5.92 Å². The smallest absolute Gasteiger partial charge is 0.0670 e. The first-order valence-corrected chi connectivity index (χ1v) is 7.66. The lowest BCUT2D eigenvalue weighted by atomic mass is 9.78. The van der Waals surface area contributed by atoms with Crippen LogP contribution >= 0.6 is 0 Å². The molecule has 0 saturated carbocycles. The third-order valence-electron chi connectivity index (χ3n) is 5.38. The zero-order chi connectivity index (χ0) is 13.2. The van der Waals surface area contributed by atoms with Gasteiger partial charge in [0.25, 0.3) is 0 Å². The second-order valence-corrected chi connectivity index (χ2v) is 6.52. The van der Waals surface area contributed by atoms with Gasteiger partial charge >= 0.3 is 0 Å². The van der Waals surface area contributed by atoms with E-state index in [1.54, 1.807) is 0 Å². The van der Waals surface area contributed by atoms with Crippen LogP contribution in [-0.4, -0.2) is 42.3 Å². The Morgan fingerprint density at radius 3 is 2.72 bits per heavy atom. The summed E-state index contributed by atoms with van der Waals surface area (Å²) < 4.78 is 6.00. The van der Waals surface area contributed by atoms with Gasteiger partial charge in [-0.05, 0) is 45.1 Å². The average molecular weight is 254 g/mol. The molecule has 2 saturated heterocycles. The summed E-state index contributed by atoms with van der Waals surface area (Å²) in [5.41, 5.74) is 6.41. The Kier molecular flexibility index (Phi) is 4.35. The molecular formula is C15H30N2O. The van der Waals surface area contributed by atoms with Crippen LogP contribution in [0.1, 0.15) is 52.9 Å². The van der Waals surface area contributed by atoms with Crippen molar-refractivity contribution < 1.29 is 4.74 Å². The fourth-order valence-corrected chi connectivity index (χ4v) is 3.72.